The minimum absolute atomic E-state index is 0.0143. The number of aromatic nitrogens is 1. The van der Waals surface area contributed by atoms with Crippen molar-refractivity contribution in [2.24, 2.45) is 10.9 Å². The molecule has 98 valence electrons. The number of amides is 1. The summed E-state index contributed by atoms with van der Waals surface area (Å²) in [6, 6.07) is 3.38. The number of pyridine rings is 1. The highest BCUT2D eigenvalue weighted by Gasteiger charge is 2.10. The van der Waals surface area contributed by atoms with Crippen molar-refractivity contribution in [3.8, 4) is 0 Å². The Hall–Kier alpha value is -1.76. The monoisotopic (exact) mass is 268 g/mol. The molecule has 18 heavy (non-hydrogen) atoms. The van der Waals surface area contributed by atoms with E-state index in [4.69, 9.17) is 10.9 Å². The molecule has 1 aromatic heterocycles. The fraction of sp³-hybridized carbons (Fsp3) is 0.364. The smallest absolute Gasteiger partial charge is 0.230 e. The van der Waals surface area contributed by atoms with Gasteiger partial charge in [0.1, 0.15) is 5.03 Å². The lowest BCUT2D eigenvalue weighted by molar-refractivity contribution is -0.118. The van der Waals surface area contributed by atoms with Crippen molar-refractivity contribution < 1.29 is 10.0 Å². The minimum Gasteiger partial charge on any atom is -0.409 e. The maximum absolute atomic E-state index is 11.5. The van der Waals surface area contributed by atoms with Crippen molar-refractivity contribution in [2.45, 2.75) is 18.4 Å². The minimum atomic E-state index is -0.0574. The molecule has 0 aliphatic heterocycles. The first kappa shape index (κ1) is 14.3. The molecule has 6 nitrogen and oxygen atoms in total. The number of carbonyl (C=O) groups is 1. The first-order valence-electron chi connectivity index (χ1n) is 5.51. The van der Waals surface area contributed by atoms with Crippen molar-refractivity contribution in [1.29, 1.82) is 0 Å². The van der Waals surface area contributed by atoms with Crippen LogP contribution >= 0.6 is 11.8 Å². The van der Waals surface area contributed by atoms with E-state index in [-0.39, 0.29) is 17.5 Å². The Labute approximate surface area is 110 Å². The molecule has 1 amide bonds. The van der Waals surface area contributed by atoms with E-state index >= 15 is 0 Å². The second-order valence-electron chi connectivity index (χ2n) is 3.48. The van der Waals surface area contributed by atoms with Crippen LogP contribution in [-0.2, 0) is 4.79 Å². The number of oxime groups is 1. The quantitative estimate of drug-likeness (QED) is 0.233. The molecular weight excluding hydrogens is 252 g/mol. The number of nitrogens with one attached hydrogen (secondary N) is 1. The molecule has 0 spiro atoms. The van der Waals surface area contributed by atoms with Crippen LogP contribution in [0.1, 0.15) is 18.9 Å². The first-order valence-corrected chi connectivity index (χ1v) is 6.50. The predicted octanol–water partition coefficient (Wildman–Crippen LogP) is 0.794. The summed E-state index contributed by atoms with van der Waals surface area (Å²) in [4.78, 5) is 15.6. The zero-order valence-corrected chi connectivity index (χ0v) is 10.9. The predicted molar refractivity (Wildman–Crippen MR) is 70.8 cm³/mol. The molecule has 0 saturated heterocycles. The third kappa shape index (κ3) is 4.25. The number of nitrogens with zero attached hydrogens (tertiary/aromatic N) is 2. The fourth-order valence-electron chi connectivity index (χ4n) is 1.20. The standard InChI is InChI=1S/C11H16N4O2S/c1-2-5-13-9(16)7-18-11-8(10(12)15-17)4-3-6-14-11/h3-4,6,17H,2,5,7H2,1H3,(H2,12,15)(H,13,16). The number of rotatable bonds is 6. The van der Waals surface area contributed by atoms with Gasteiger partial charge in [0.2, 0.25) is 5.91 Å². The fourth-order valence-corrected chi connectivity index (χ4v) is 2.04. The molecule has 0 aliphatic rings. The zero-order valence-electron chi connectivity index (χ0n) is 10.1. The number of hydrogen-bond acceptors (Lipinski definition) is 5. The average molecular weight is 268 g/mol. The van der Waals surface area contributed by atoms with Crippen LogP contribution in [0.2, 0.25) is 0 Å². The summed E-state index contributed by atoms with van der Waals surface area (Å²) < 4.78 is 0. The summed E-state index contributed by atoms with van der Waals surface area (Å²) in [5, 5.41) is 14.9. The summed E-state index contributed by atoms with van der Waals surface area (Å²) in [6.07, 6.45) is 2.50. The molecule has 1 aromatic rings. The highest BCUT2D eigenvalue weighted by molar-refractivity contribution is 8.00. The van der Waals surface area contributed by atoms with Crippen molar-refractivity contribution in [1.82, 2.24) is 10.3 Å². The van der Waals surface area contributed by atoms with Crippen LogP contribution in [0.5, 0.6) is 0 Å². The second-order valence-corrected chi connectivity index (χ2v) is 4.44. The molecule has 0 fully saturated rings. The van der Waals surface area contributed by atoms with E-state index in [1.165, 1.54) is 11.8 Å². The van der Waals surface area contributed by atoms with Gasteiger partial charge in [-0.15, -0.1) is 0 Å². The van der Waals surface area contributed by atoms with Gasteiger partial charge in [-0.3, -0.25) is 4.79 Å². The summed E-state index contributed by atoms with van der Waals surface area (Å²) in [5.41, 5.74) is 6.05. The van der Waals surface area contributed by atoms with Crippen molar-refractivity contribution in [3.63, 3.8) is 0 Å². The van der Waals surface area contributed by atoms with Crippen LogP contribution in [0.3, 0.4) is 0 Å². The second kappa shape index (κ2) is 7.54. The van der Waals surface area contributed by atoms with Gasteiger partial charge in [-0.25, -0.2) is 4.98 Å². The van der Waals surface area contributed by atoms with Crippen LogP contribution in [0.4, 0.5) is 0 Å². The van der Waals surface area contributed by atoms with E-state index in [1.807, 2.05) is 6.92 Å². The highest BCUT2D eigenvalue weighted by atomic mass is 32.2. The van der Waals surface area contributed by atoms with E-state index in [2.05, 4.69) is 15.5 Å². The zero-order chi connectivity index (χ0) is 13.4. The lowest BCUT2D eigenvalue weighted by Crippen LogP contribution is -2.26. The Balaban J connectivity index is 2.65. The molecule has 0 bridgehead atoms. The topological polar surface area (TPSA) is 101 Å². The Morgan fingerprint density at radius 3 is 3.11 bits per heavy atom. The first-order chi connectivity index (χ1) is 8.69. The lowest BCUT2D eigenvalue weighted by Gasteiger charge is -2.06. The van der Waals surface area contributed by atoms with E-state index in [1.54, 1.807) is 18.3 Å². The van der Waals surface area contributed by atoms with Gasteiger partial charge < -0.3 is 16.3 Å². The average Bonchev–Trinajstić information content (AvgIpc) is 2.42. The third-order valence-electron chi connectivity index (χ3n) is 2.07. The molecule has 7 heteroatoms. The number of amidine groups is 1. The molecule has 0 radical (unpaired) electrons. The number of carbonyl (C=O) groups excluding carboxylic acids is 1. The van der Waals surface area contributed by atoms with E-state index < -0.39 is 0 Å². The van der Waals surface area contributed by atoms with Gasteiger partial charge in [0.15, 0.2) is 5.84 Å². The molecule has 0 aliphatic carbocycles. The van der Waals surface area contributed by atoms with Gasteiger partial charge in [-0.05, 0) is 18.6 Å². The van der Waals surface area contributed by atoms with Gasteiger partial charge in [0, 0.05) is 12.7 Å². The van der Waals surface area contributed by atoms with Gasteiger partial charge in [-0.1, -0.05) is 23.8 Å². The summed E-state index contributed by atoms with van der Waals surface area (Å²) >= 11 is 1.25. The Kier molecular flexibility index (Phi) is 5.99. The number of hydrogen-bond donors (Lipinski definition) is 3. The maximum atomic E-state index is 11.5. The molecule has 1 rings (SSSR count). The number of nitrogens with two attached hydrogens (primary N) is 1. The van der Waals surface area contributed by atoms with E-state index in [9.17, 15) is 4.79 Å². The third-order valence-corrected chi connectivity index (χ3v) is 3.07. The maximum Gasteiger partial charge on any atom is 0.230 e. The largest absolute Gasteiger partial charge is 0.409 e. The van der Waals surface area contributed by atoms with Crippen LogP contribution < -0.4 is 11.1 Å². The normalized spacial score (nSPS) is 11.3. The summed E-state index contributed by atoms with van der Waals surface area (Å²) in [7, 11) is 0. The highest BCUT2D eigenvalue weighted by Crippen LogP contribution is 2.19. The van der Waals surface area contributed by atoms with Gasteiger partial charge >= 0.3 is 0 Å². The van der Waals surface area contributed by atoms with Crippen LogP contribution in [0, 0.1) is 0 Å². The molecule has 0 aromatic carbocycles. The molecule has 4 N–H and O–H groups in total. The molecule has 0 atom stereocenters. The summed E-state index contributed by atoms with van der Waals surface area (Å²) in [5.74, 6) is 0.181. The molecular formula is C11H16N4O2S. The number of thioether (sulfide) groups is 1. The Bertz CT molecular complexity index is 437. The van der Waals surface area contributed by atoms with Gasteiger partial charge in [0.25, 0.3) is 0 Å². The van der Waals surface area contributed by atoms with Crippen LogP contribution in [-0.4, -0.2) is 34.2 Å². The molecule has 0 unspecified atom stereocenters. The van der Waals surface area contributed by atoms with Crippen molar-refractivity contribution in [2.75, 3.05) is 12.3 Å². The van der Waals surface area contributed by atoms with Crippen LogP contribution in [0.15, 0.2) is 28.5 Å². The SMILES string of the molecule is CCCNC(=O)CSc1ncccc1/C(N)=N/O. The summed E-state index contributed by atoms with van der Waals surface area (Å²) in [6.45, 7) is 2.65. The van der Waals surface area contributed by atoms with Gasteiger partial charge in [0.05, 0.1) is 11.3 Å². The van der Waals surface area contributed by atoms with Crippen LogP contribution in [0.25, 0.3) is 0 Å². The Morgan fingerprint density at radius 2 is 2.44 bits per heavy atom. The van der Waals surface area contributed by atoms with Crippen molar-refractivity contribution >= 4 is 23.5 Å². The van der Waals surface area contributed by atoms with E-state index in [0.29, 0.717) is 17.1 Å². The van der Waals surface area contributed by atoms with Crippen molar-refractivity contribution in [3.05, 3.63) is 23.9 Å². The Morgan fingerprint density at radius 1 is 1.67 bits per heavy atom. The molecule has 1 heterocycles. The van der Waals surface area contributed by atoms with Gasteiger partial charge in [-0.2, -0.15) is 0 Å². The molecule has 0 saturated carbocycles. The van der Waals surface area contributed by atoms with E-state index in [0.717, 1.165) is 6.42 Å². The lowest BCUT2D eigenvalue weighted by atomic mass is 10.3.